The molecule has 2 heterocycles. The van der Waals surface area contributed by atoms with Gasteiger partial charge in [-0.3, -0.25) is 9.71 Å². The average molecular weight is 553 g/mol. The van der Waals surface area contributed by atoms with Crippen molar-refractivity contribution in [3.63, 3.8) is 0 Å². The summed E-state index contributed by atoms with van der Waals surface area (Å²) >= 11 is 0. The number of pyridine rings is 1. The van der Waals surface area contributed by atoms with E-state index >= 15 is 0 Å². The van der Waals surface area contributed by atoms with E-state index in [0.29, 0.717) is 35.7 Å². The number of alkyl halides is 3. The van der Waals surface area contributed by atoms with E-state index in [1.165, 1.54) is 18.3 Å². The highest BCUT2D eigenvalue weighted by atomic mass is 32.2. The lowest BCUT2D eigenvalue weighted by atomic mass is 10.2. The van der Waals surface area contributed by atoms with Crippen molar-refractivity contribution < 1.29 is 30.0 Å². The molecule has 196 valence electrons. The van der Waals surface area contributed by atoms with Gasteiger partial charge < -0.3 is 9.80 Å². The number of benzene rings is 2. The standard InChI is InChI=1S/C24H23F3N4O4S2/c1-18-14-31(21-7-9-22(10-8-21)37(34,35)24(25,26)27)17-30(18)15-20-11-12-28-13-23(20)29-36(32,33)16-19-5-3-2-4-6-19/h2-14,29H,15-17H2,1H3. The number of allylic oxidation sites excluding steroid dienone is 1. The molecule has 0 bridgehead atoms. The fourth-order valence-electron chi connectivity index (χ4n) is 3.78. The number of sulfone groups is 1. The summed E-state index contributed by atoms with van der Waals surface area (Å²) in [7, 11) is -9.13. The van der Waals surface area contributed by atoms with Crippen molar-refractivity contribution >= 4 is 31.2 Å². The van der Waals surface area contributed by atoms with Crippen molar-refractivity contribution in [3.8, 4) is 0 Å². The van der Waals surface area contributed by atoms with Crippen LogP contribution in [0, 0.1) is 0 Å². The van der Waals surface area contributed by atoms with Gasteiger partial charge in [0.1, 0.15) is 0 Å². The molecule has 0 radical (unpaired) electrons. The summed E-state index contributed by atoms with van der Waals surface area (Å²) in [6.45, 7) is 2.48. The van der Waals surface area contributed by atoms with Gasteiger partial charge in [-0.15, -0.1) is 0 Å². The summed E-state index contributed by atoms with van der Waals surface area (Å²) in [4.78, 5) is 6.89. The molecule has 0 aliphatic carbocycles. The third-order valence-corrected chi connectivity index (χ3v) is 8.43. The number of sulfonamides is 1. The predicted molar refractivity (Wildman–Crippen MR) is 133 cm³/mol. The summed E-state index contributed by atoms with van der Waals surface area (Å²) in [5.41, 5.74) is -2.40. The molecule has 0 unspecified atom stereocenters. The fourth-order valence-corrected chi connectivity index (χ4v) is 5.76. The number of hydrogen-bond donors (Lipinski definition) is 1. The minimum absolute atomic E-state index is 0.196. The van der Waals surface area contributed by atoms with E-state index in [4.69, 9.17) is 0 Å². The number of nitrogens with zero attached hydrogens (tertiary/aromatic N) is 3. The molecule has 0 atom stereocenters. The quantitative estimate of drug-likeness (QED) is 0.441. The first kappa shape index (κ1) is 26.5. The van der Waals surface area contributed by atoms with Crippen molar-refractivity contribution in [1.29, 1.82) is 0 Å². The molecule has 13 heteroatoms. The first-order valence-electron chi connectivity index (χ1n) is 10.9. The SMILES string of the molecule is CC1=CN(c2ccc(S(=O)(=O)C(F)(F)F)cc2)CN1Cc1ccncc1NS(=O)(=O)Cc1ccccc1. The Kier molecular flexibility index (Phi) is 7.20. The van der Waals surface area contributed by atoms with Crippen LogP contribution in [0.25, 0.3) is 0 Å². The Morgan fingerprint density at radius 2 is 1.65 bits per heavy atom. The Morgan fingerprint density at radius 1 is 0.973 bits per heavy atom. The second-order valence-corrected chi connectivity index (χ2v) is 12.1. The minimum atomic E-state index is -5.43. The van der Waals surface area contributed by atoms with E-state index in [1.807, 2.05) is 11.8 Å². The summed E-state index contributed by atoms with van der Waals surface area (Å²) < 4.78 is 89.7. The first-order chi connectivity index (χ1) is 17.4. The van der Waals surface area contributed by atoms with E-state index < -0.39 is 30.3 Å². The molecule has 8 nitrogen and oxygen atoms in total. The molecule has 2 aromatic carbocycles. The topological polar surface area (TPSA) is 99.7 Å². The lowest BCUT2D eigenvalue weighted by molar-refractivity contribution is -0.0436. The third kappa shape index (κ3) is 6.05. The number of aromatic nitrogens is 1. The highest BCUT2D eigenvalue weighted by Crippen LogP contribution is 2.32. The zero-order valence-electron chi connectivity index (χ0n) is 19.6. The van der Waals surface area contributed by atoms with Gasteiger partial charge in [0.15, 0.2) is 0 Å². The van der Waals surface area contributed by atoms with Crippen LogP contribution in [0.2, 0.25) is 0 Å². The summed E-state index contributed by atoms with van der Waals surface area (Å²) in [6.07, 6.45) is 4.76. The number of hydrogen-bond acceptors (Lipinski definition) is 7. The summed E-state index contributed by atoms with van der Waals surface area (Å²) in [5.74, 6) is -0.196. The number of nitrogens with one attached hydrogen (secondary N) is 1. The Morgan fingerprint density at radius 3 is 2.30 bits per heavy atom. The fraction of sp³-hybridized carbons (Fsp3) is 0.208. The van der Waals surface area contributed by atoms with Crippen LogP contribution >= 0.6 is 0 Å². The van der Waals surface area contributed by atoms with E-state index in [-0.39, 0.29) is 5.75 Å². The normalized spacial score (nSPS) is 14.5. The summed E-state index contributed by atoms with van der Waals surface area (Å²) in [6, 6.07) is 14.9. The molecule has 0 fully saturated rings. The molecule has 1 aromatic heterocycles. The smallest absolute Gasteiger partial charge is 0.351 e. The van der Waals surface area contributed by atoms with Crippen LogP contribution in [0.4, 0.5) is 24.5 Å². The van der Waals surface area contributed by atoms with Crippen LogP contribution in [0.3, 0.4) is 0 Å². The molecule has 4 rings (SSSR count). The largest absolute Gasteiger partial charge is 0.501 e. The van der Waals surface area contributed by atoms with Crippen LogP contribution < -0.4 is 9.62 Å². The lowest BCUT2D eigenvalue weighted by Gasteiger charge is -2.24. The van der Waals surface area contributed by atoms with E-state index in [9.17, 15) is 30.0 Å². The van der Waals surface area contributed by atoms with E-state index in [2.05, 4.69) is 9.71 Å². The van der Waals surface area contributed by atoms with Gasteiger partial charge >= 0.3 is 5.51 Å². The second kappa shape index (κ2) is 10.1. The highest BCUT2D eigenvalue weighted by molar-refractivity contribution is 7.92. The molecule has 37 heavy (non-hydrogen) atoms. The zero-order valence-corrected chi connectivity index (χ0v) is 21.2. The van der Waals surface area contributed by atoms with Crippen molar-refractivity contribution in [3.05, 3.63) is 96.1 Å². The highest BCUT2D eigenvalue weighted by Gasteiger charge is 2.46. The number of anilines is 2. The van der Waals surface area contributed by atoms with Crippen molar-refractivity contribution in [2.45, 2.75) is 29.6 Å². The molecule has 1 N–H and O–H groups in total. The molecule has 0 amide bonds. The van der Waals surface area contributed by atoms with Gasteiger partial charge in [-0.25, -0.2) is 16.8 Å². The van der Waals surface area contributed by atoms with E-state index in [1.54, 1.807) is 53.7 Å². The number of halogens is 3. The van der Waals surface area contributed by atoms with Gasteiger partial charge in [-0.1, -0.05) is 30.3 Å². The molecule has 0 spiro atoms. The molecule has 3 aromatic rings. The Balaban J connectivity index is 1.47. The van der Waals surface area contributed by atoms with Gasteiger partial charge in [-0.05, 0) is 48.4 Å². The second-order valence-electron chi connectivity index (χ2n) is 8.40. The van der Waals surface area contributed by atoms with Crippen LogP contribution in [0.1, 0.15) is 18.1 Å². The molecular weight excluding hydrogens is 529 g/mol. The van der Waals surface area contributed by atoms with Gasteiger partial charge in [0, 0.05) is 30.3 Å². The van der Waals surface area contributed by atoms with Gasteiger partial charge in [0.05, 0.1) is 29.2 Å². The molecule has 0 saturated carbocycles. The summed E-state index contributed by atoms with van der Waals surface area (Å²) in [5, 5.41) is 0. The van der Waals surface area contributed by atoms with Crippen LogP contribution in [-0.2, 0) is 32.2 Å². The zero-order chi connectivity index (χ0) is 26.8. The maximum absolute atomic E-state index is 12.8. The third-order valence-electron chi connectivity index (χ3n) is 5.69. The Labute approximate surface area is 213 Å². The molecule has 0 saturated heterocycles. The first-order valence-corrected chi connectivity index (χ1v) is 14.1. The van der Waals surface area contributed by atoms with Gasteiger partial charge in [0.2, 0.25) is 10.0 Å². The predicted octanol–water partition coefficient (Wildman–Crippen LogP) is 4.46. The lowest BCUT2D eigenvalue weighted by Crippen LogP contribution is -2.27. The number of rotatable bonds is 8. The van der Waals surface area contributed by atoms with Crippen molar-refractivity contribution in [2.75, 3.05) is 16.3 Å². The minimum Gasteiger partial charge on any atom is -0.351 e. The average Bonchev–Trinajstić information content (AvgIpc) is 3.20. The van der Waals surface area contributed by atoms with Crippen molar-refractivity contribution in [2.24, 2.45) is 0 Å². The maximum atomic E-state index is 12.8. The van der Waals surface area contributed by atoms with Crippen LogP contribution in [-0.4, -0.2) is 38.9 Å². The van der Waals surface area contributed by atoms with Crippen molar-refractivity contribution in [1.82, 2.24) is 9.88 Å². The molecule has 1 aliphatic heterocycles. The maximum Gasteiger partial charge on any atom is 0.501 e. The Bertz CT molecular complexity index is 1510. The molecular formula is C24H23F3N4O4S2. The molecule has 1 aliphatic rings. The van der Waals surface area contributed by atoms with Gasteiger partial charge in [0.25, 0.3) is 9.84 Å². The Hall–Kier alpha value is -3.58. The monoisotopic (exact) mass is 552 g/mol. The van der Waals surface area contributed by atoms with Crippen LogP contribution in [0.15, 0.2) is 89.8 Å². The van der Waals surface area contributed by atoms with Gasteiger partial charge in [-0.2, -0.15) is 13.2 Å². The van der Waals surface area contributed by atoms with E-state index in [0.717, 1.165) is 17.8 Å². The van der Waals surface area contributed by atoms with Crippen LogP contribution in [0.5, 0.6) is 0 Å².